The number of nitrogens with one attached hydrogen (secondary N) is 1. The molecule has 1 heterocycles. The van der Waals surface area contributed by atoms with Crippen molar-refractivity contribution >= 4 is 29.1 Å². The van der Waals surface area contributed by atoms with Crippen molar-refractivity contribution < 1.29 is 9.72 Å². The number of benzene rings is 3. The number of nitro benzene ring substituents is 1. The van der Waals surface area contributed by atoms with Gasteiger partial charge in [0.1, 0.15) is 0 Å². The maximum absolute atomic E-state index is 12.6. The lowest BCUT2D eigenvalue weighted by Gasteiger charge is -2.19. The zero-order valence-electron chi connectivity index (χ0n) is 22.5. The smallest absolute Gasteiger partial charge is 0.270 e. The Labute approximate surface area is 231 Å². The van der Waals surface area contributed by atoms with Crippen molar-refractivity contribution in [3.05, 3.63) is 99.6 Å². The summed E-state index contributed by atoms with van der Waals surface area (Å²) in [7, 11) is 0. The molecule has 0 saturated heterocycles. The minimum atomic E-state index is -0.469. The molecule has 0 aliphatic carbocycles. The highest BCUT2D eigenvalue weighted by Crippen LogP contribution is 2.30. The number of non-ortho nitro benzene ring substituents is 1. The second kappa shape index (κ2) is 11.6. The molecule has 200 valence electrons. The third kappa shape index (κ3) is 6.77. The number of amides is 1. The minimum Gasteiger partial charge on any atom is -0.272 e. The fraction of sp³-hybridized carbons (Fsp3) is 0.241. The molecule has 0 fully saturated rings. The molecule has 0 radical (unpaired) electrons. The molecule has 1 aromatic heterocycles. The van der Waals surface area contributed by atoms with Crippen LogP contribution in [0.25, 0.3) is 17.1 Å². The first-order chi connectivity index (χ1) is 18.5. The first-order valence-electron chi connectivity index (χ1n) is 12.4. The van der Waals surface area contributed by atoms with E-state index in [9.17, 15) is 14.9 Å². The number of thioether (sulfide) groups is 1. The zero-order valence-corrected chi connectivity index (χ0v) is 23.3. The van der Waals surface area contributed by atoms with E-state index >= 15 is 0 Å². The first-order valence-corrected chi connectivity index (χ1v) is 13.4. The minimum absolute atomic E-state index is 0.0353. The van der Waals surface area contributed by atoms with Crippen molar-refractivity contribution in [2.24, 2.45) is 5.10 Å². The molecule has 0 aliphatic heterocycles. The number of hydrogen-bond acceptors (Lipinski definition) is 7. The molecule has 0 saturated carbocycles. The summed E-state index contributed by atoms with van der Waals surface area (Å²) < 4.78 is 1.95. The van der Waals surface area contributed by atoms with Crippen LogP contribution in [0.1, 0.15) is 44.4 Å². The second-order valence-corrected chi connectivity index (χ2v) is 11.1. The molecule has 0 aliphatic rings. The average Bonchev–Trinajstić information content (AvgIpc) is 3.34. The van der Waals surface area contributed by atoms with Crippen LogP contribution in [0.3, 0.4) is 0 Å². The fourth-order valence-corrected chi connectivity index (χ4v) is 4.56. The molecule has 1 N–H and O–H groups in total. The Morgan fingerprint density at radius 3 is 2.38 bits per heavy atom. The SMILES string of the molecule is C/C(=N/NC(=O)CSc1nnc(-c2ccc(C(C)(C)C)cc2)n1-c1ccc(C)cc1)c1cccc([N+](=O)[O-])c1. The van der Waals surface area contributed by atoms with Gasteiger partial charge in [-0.2, -0.15) is 5.10 Å². The molecule has 0 spiro atoms. The molecular weight excluding hydrogens is 512 g/mol. The highest BCUT2D eigenvalue weighted by atomic mass is 32.2. The van der Waals surface area contributed by atoms with Gasteiger partial charge in [-0.15, -0.1) is 10.2 Å². The molecule has 9 nitrogen and oxygen atoms in total. The Morgan fingerprint density at radius 2 is 1.74 bits per heavy atom. The Bertz CT molecular complexity index is 1520. The molecule has 4 aromatic rings. The lowest BCUT2D eigenvalue weighted by Crippen LogP contribution is -2.21. The van der Waals surface area contributed by atoms with Gasteiger partial charge in [0.15, 0.2) is 11.0 Å². The number of hydrazone groups is 1. The van der Waals surface area contributed by atoms with Gasteiger partial charge in [-0.1, -0.05) is 86.6 Å². The number of carbonyl (C=O) groups is 1. The highest BCUT2D eigenvalue weighted by Gasteiger charge is 2.19. The van der Waals surface area contributed by atoms with E-state index in [1.165, 1.54) is 29.5 Å². The molecule has 4 rings (SSSR count). The number of aromatic nitrogens is 3. The largest absolute Gasteiger partial charge is 0.272 e. The molecule has 39 heavy (non-hydrogen) atoms. The molecular formula is C29H30N6O3S. The van der Waals surface area contributed by atoms with Crippen LogP contribution in [-0.2, 0) is 10.2 Å². The maximum atomic E-state index is 12.6. The van der Waals surface area contributed by atoms with Crippen LogP contribution in [0.15, 0.2) is 83.1 Å². The lowest BCUT2D eigenvalue weighted by molar-refractivity contribution is -0.384. The number of carbonyl (C=O) groups excluding carboxylic acids is 1. The number of nitro groups is 1. The number of aryl methyl sites for hydroxylation is 1. The molecule has 0 bridgehead atoms. The second-order valence-electron chi connectivity index (χ2n) is 10.1. The predicted octanol–water partition coefficient (Wildman–Crippen LogP) is 6.08. The third-order valence-corrected chi connectivity index (χ3v) is 7.02. The van der Waals surface area contributed by atoms with Crippen molar-refractivity contribution in [3.63, 3.8) is 0 Å². The average molecular weight is 543 g/mol. The summed E-state index contributed by atoms with van der Waals surface area (Å²) in [6.07, 6.45) is 0. The van der Waals surface area contributed by atoms with Gasteiger partial charge < -0.3 is 0 Å². The number of rotatable bonds is 8. The quantitative estimate of drug-likeness (QED) is 0.125. The lowest BCUT2D eigenvalue weighted by atomic mass is 9.87. The van der Waals surface area contributed by atoms with Gasteiger partial charge in [0.25, 0.3) is 11.6 Å². The van der Waals surface area contributed by atoms with Crippen molar-refractivity contribution in [1.82, 2.24) is 20.2 Å². The summed E-state index contributed by atoms with van der Waals surface area (Å²) >= 11 is 1.25. The molecule has 0 atom stereocenters. The van der Waals surface area contributed by atoms with Gasteiger partial charge in [0, 0.05) is 28.9 Å². The van der Waals surface area contributed by atoms with E-state index in [4.69, 9.17) is 0 Å². The van der Waals surface area contributed by atoms with Gasteiger partial charge in [0.05, 0.1) is 16.4 Å². The van der Waals surface area contributed by atoms with Gasteiger partial charge >= 0.3 is 0 Å². The summed E-state index contributed by atoms with van der Waals surface area (Å²) in [5.41, 5.74) is 7.70. The van der Waals surface area contributed by atoms with Crippen LogP contribution in [-0.4, -0.2) is 37.1 Å². The third-order valence-electron chi connectivity index (χ3n) is 6.09. The van der Waals surface area contributed by atoms with Gasteiger partial charge in [-0.25, -0.2) is 5.43 Å². The van der Waals surface area contributed by atoms with Crippen LogP contribution >= 0.6 is 11.8 Å². The molecule has 1 amide bonds. The number of hydrogen-bond donors (Lipinski definition) is 1. The van der Waals surface area contributed by atoms with Crippen molar-refractivity contribution in [3.8, 4) is 17.1 Å². The van der Waals surface area contributed by atoms with Crippen molar-refractivity contribution in [2.45, 2.75) is 45.2 Å². The van der Waals surface area contributed by atoms with Gasteiger partial charge in [-0.3, -0.25) is 19.5 Å². The Morgan fingerprint density at radius 1 is 1.05 bits per heavy atom. The van der Waals surface area contributed by atoms with E-state index in [1.807, 2.05) is 47.9 Å². The monoisotopic (exact) mass is 542 g/mol. The normalized spacial score (nSPS) is 11.9. The van der Waals surface area contributed by atoms with E-state index in [-0.39, 0.29) is 22.8 Å². The Hall–Kier alpha value is -4.31. The van der Waals surface area contributed by atoms with Crippen molar-refractivity contribution in [2.75, 3.05) is 5.75 Å². The van der Waals surface area contributed by atoms with E-state index in [2.05, 4.69) is 53.6 Å². The van der Waals surface area contributed by atoms with Crippen LogP contribution in [0, 0.1) is 17.0 Å². The summed E-state index contributed by atoms with van der Waals surface area (Å²) in [6, 6.07) is 22.4. The maximum Gasteiger partial charge on any atom is 0.270 e. The fourth-order valence-electron chi connectivity index (χ4n) is 3.81. The molecule has 3 aromatic carbocycles. The van der Waals surface area contributed by atoms with Crippen molar-refractivity contribution in [1.29, 1.82) is 0 Å². The van der Waals surface area contributed by atoms with Crippen LogP contribution < -0.4 is 5.43 Å². The van der Waals surface area contributed by atoms with E-state index in [1.54, 1.807) is 19.1 Å². The van der Waals surface area contributed by atoms with Crippen LogP contribution in [0.2, 0.25) is 0 Å². The van der Waals surface area contributed by atoms with E-state index in [0.29, 0.717) is 22.3 Å². The summed E-state index contributed by atoms with van der Waals surface area (Å²) in [6.45, 7) is 10.2. The van der Waals surface area contributed by atoms with Crippen LogP contribution in [0.5, 0.6) is 0 Å². The Balaban J connectivity index is 1.54. The molecule has 0 unspecified atom stereocenters. The van der Waals surface area contributed by atoms with E-state index in [0.717, 1.165) is 16.8 Å². The summed E-state index contributed by atoms with van der Waals surface area (Å²) in [5.74, 6) is 0.402. The van der Waals surface area contributed by atoms with Crippen LogP contribution in [0.4, 0.5) is 5.69 Å². The topological polar surface area (TPSA) is 115 Å². The molecule has 10 heteroatoms. The van der Waals surface area contributed by atoms with E-state index < -0.39 is 4.92 Å². The van der Waals surface area contributed by atoms with Gasteiger partial charge in [-0.05, 0) is 37.0 Å². The first kappa shape index (κ1) is 27.7. The summed E-state index contributed by atoms with van der Waals surface area (Å²) in [4.78, 5) is 23.2. The van der Waals surface area contributed by atoms with Gasteiger partial charge in [0.2, 0.25) is 0 Å². The Kier molecular flexibility index (Phi) is 8.25. The number of nitrogens with zero attached hydrogens (tertiary/aromatic N) is 5. The predicted molar refractivity (Wildman–Crippen MR) is 154 cm³/mol. The summed E-state index contributed by atoms with van der Waals surface area (Å²) in [5, 5.41) is 24.6. The zero-order chi connectivity index (χ0) is 28.2. The highest BCUT2D eigenvalue weighted by molar-refractivity contribution is 7.99. The standard InChI is InChI=1S/C29H30N6O3S/c1-19-9-15-24(16-10-19)34-27(21-11-13-23(14-12-21)29(3,4)5)32-33-28(34)39-18-26(36)31-30-20(2)22-7-6-8-25(17-22)35(37)38/h6-17H,18H2,1-5H3,(H,31,36)/b30-20-.